The molecule has 0 bridgehead atoms. The Hall–Kier alpha value is -0.535. The molecule has 0 aliphatic heterocycles. The first-order chi connectivity index (χ1) is 7.31. The quantitative estimate of drug-likeness (QED) is 0.484. The van der Waals surface area contributed by atoms with E-state index in [1.165, 1.54) is 5.57 Å². The topological polar surface area (TPSA) is 18.5 Å². The van der Waals surface area contributed by atoms with Crippen LogP contribution in [-0.4, -0.2) is 19.3 Å². The van der Waals surface area contributed by atoms with Gasteiger partial charge in [0.25, 0.3) is 0 Å². The van der Waals surface area contributed by atoms with Crippen molar-refractivity contribution in [2.45, 2.75) is 60.2 Å². The summed E-state index contributed by atoms with van der Waals surface area (Å²) in [6, 6.07) is 0. The number of hydrogen-bond donors (Lipinski definition) is 0. The molecule has 0 saturated carbocycles. The van der Waals surface area contributed by atoms with Gasteiger partial charge in [0, 0.05) is 12.2 Å². The lowest BCUT2D eigenvalue weighted by atomic mass is 9.84. The average Bonchev–Trinajstić information content (AvgIpc) is 1.97. The van der Waals surface area contributed by atoms with Crippen LogP contribution in [-0.2, 0) is 9.31 Å². The van der Waals surface area contributed by atoms with E-state index in [4.69, 9.17) is 9.31 Å². The lowest BCUT2D eigenvalue weighted by molar-refractivity contribution is 0.138. The fourth-order valence-electron chi connectivity index (χ4n) is 1.41. The molecule has 0 radical (unpaired) electrons. The predicted molar refractivity (Wildman–Crippen MR) is 71.4 cm³/mol. The van der Waals surface area contributed by atoms with Crippen LogP contribution in [0.4, 0.5) is 0 Å². The van der Waals surface area contributed by atoms with Crippen LogP contribution in [0.2, 0.25) is 0 Å². The van der Waals surface area contributed by atoms with Crippen LogP contribution in [0.5, 0.6) is 0 Å². The fraction of sp³-hybridized carbons (Fsp3) is 0.692. The molecule has 16 heavy (non-hydrogen) atoms. The highest BCUT2D eigenvalue weighted by molar-refractivity contribution is 6.51. The summed E-state index contributed by atoms with van der Waals surface area (Å²) in [4.78, 5) is 0. The second-order valence-electron chi connectivity index (χ2n) is 4.88. The molecule has 0 amide bonds. The molecule has 0 heterocycles. The molecule has 3 heteroatoms. The van der Waals surface area contributed by atoms with Gasteiger partial charge in [-0.1, -0.05) is 23.7 Å². The molecule has 92 valence electrons. The van der Waals surface area contributed by atoms with Gasteiger partial charge in [-0.15, -0.1) is 0 Å². The van der Waals surface area contributed by atoms with Gasteiger partial charge >= 0.3 is 7.12 Å². The summed E-state index contributed by atoms with van der Waals surface area (Å²) in [5, 5.41) is 0. The summed E-state index contributed by atoms with van der Waals surface area (Å²) in [7, 11) is -0.251. The predicted octanol–water partition coefficient (Wildman–Crippen LogP) is 3.78. The Labute approximate surface area is 101 Å². The Balaban J connectivity index is 4.43. The monoisotopic (exact) mass is 224 g/mol. The highest BCUT2D eigenvalue weighted by Gasteiger charge is 2.18. The Kier molecular flexibility index (Phi) is 7.43. The summed E-state index contributed by atoms with van der Waals surface area (Å²) in [5.41, 5.74) is 2.39. The van der Waals surface area contributed by atoms with E-state index in [1.807, 2.05) is 40.6 Å². The van der Waals surface area contributed by atoms with E-state index in [1.54, 1.807) is 0 Å². The molecule has 2 nitrogen and oxygen atoms in total. The molecule has 0 N–H and O–H groups in total. The van der Waals surface area contributed by atoms with Crippen LogP contribution < -0.4 is 0 Å². The first kappa shape index (κ1) is 15.5. The molecule has 0 aromatic heterocycles. The zero-order valence-electron chi connectivity index (χ0n) is 11.5. The van der Waals surface area contributed by atoms with Crippen LogP contribution in [0.1, 0.15) is 48.0 Å². The van der Waals surface area contributed by atoms with Gasteiger partial charge in [-0.2, -0.15) is 0 Å². The molecular weight excluding hydrogens is 199 g/mol. The minimum absolute atomic E-state index is 0.164. The summed E-state index contributed by atoms with van der Waals surface area (Å²) in [5.74, 6) is 2.04. The van der Waals surface area contributed by atoms with Crippen molar-refractivity contribution in [1.82, 2.24) is 0 Å². The smallest absolute Gasteiger partial charge is 0.405 e. The number of allylic oxidation sites excluding steroid dienone is 2. The second-order valence-corrected chi connectivity index (χ2v) is 4.88. The van der Waals surface area contributed by atoms with Gasteiger partial charge in [0.05, 0.1) is 0 Å². The van der Waals surface area contributed by atoms with Crippen molar-refractivity contribution in [1.29, 1.82) is 0 Å². The van der Waals surface area contributed by atoms with Crippen molar-refractivity contribution in [3.8, 4) is 0 Å². The second kappa shape index (κ2) is 7.69. The maximum Gasteiger partial charge on any atom is 0.486 e. The number of hydrogen-bond acceptors (Lipinski definition) is 2. The maximum atomic E-state index is 5.69. The maximum absolute atomic E-state index is 5.69. The van der Waals surface area contributed by atoms with Crippen molar-refractivity contribution in [3.63, 3.8) is 0 Å². The normalized spacial score (nSPS) is 12.4. The Morgan fingerprint density at radius 2 is 1.56 bits per heavy atom. The largest absolute Gasteiger partial charge is 0.486 e. The summed E-state index contributed by atoms with van der Waals surface area (Å²) < 4.78 is 11.4. The molecule has 0 saturated heterocycles. The van der Waals surface area contributed by atoms with Crippen LogP contribution in [0, 0.1) is 0 Å². The van der Waals surface area contributed by atoms with Crippen LogP contribution >= 0.6 is 0 Å². The van der Waals surface area contributed by atoms with Gasteiger partial charge in [-0.3, -0.25) is 0 Å². The average molecular weight is 224 g/mol. The van der Waals surface area contributed by atoms with Gasteiger partial charge in [0.1, 0.15) is 0 Å². The standard InChI is InChI=1S/C13H25BO2/c1-10(2)8-13(7)9-14(15-11(3)4)16-12(5)6/h9,11-12H,1,8H2,2-7H3/b13-9+. The van der Waals surface area contributed by atoms with Gasteiger partial charge in [-0.25, -0.2) is 0 Å². The minimum atomic E-state index is -0.251. The molecule has 0 spiro atoms. The van der Waals surface area contributed by atoms with E-state index in [2.05, 4.69) is 13.5 Å². The molecule has 0 atom stereocenters. The summed E-state index contributed by atoms with van der Waals surface area (Å²) in [6.45, 7) is 16.1. The Morgan fingerprint density at radius 3 is 1.88 bits per heavy atom. The van der Waals surface area contributed by atoms with Gasteiger partial charge in [0.15, 0.2) is 0 Å². The molecule has 0 aromatic rings. The van der Waals surface area contributed by atoms with E-state index in [9.17, 15) is 0 Å². The molecule has 0 aliphatic carbocycles. The zero-order valence-corrected chi connectivity index (χ0v) is 11.5. The third-order valence-corrected chi connectivity index (χ3v) is 1.81. The third kappa shape index (κ3) is 8.75. The summed E-state index contributed by atoms with van der Waals surface area (Å²) in [6.07, 6.45) is 1.23. The Morgan fingerprint density at radius 1 is 1.12 bits per heavy atom. The van der Waals surface area contributed by atoms with E-state index in [0.29, 0.717) is 0 Å². The third-order valence-electron chi connectivity index (χ3n) is 1.81. The van der Waals surface area contributed by atoms with Gasteiger partial charge in [0.2, 0.25) is 0 Å². The molecular formula is C13H25BO2. The highest BCUT2D eigenvalue weighted by atomic mass is 16.6. The van der Waals surface area contributed by atoms with Crippen molar-refractivity contribution < 1.29 is 9.31 Å². The first-order valence-electron chi connectivity index (χ1n) is 5.93. The number of rotatable bonds is 7. The first-order valence-corrected chi connectivity index (χ1v) is 5.93. The zero-order chi connectivity index (χ0) is 12.7. The SMILES string of the molecule is C=C(C)C/C(C)=C/B(OC(C)C)OC(C)C. The van der Waals surface area contributed by atoms with Crippen LogP contribution in [0.15, 0.2) is 23.7 Å². The van der Waals surface area contributed by atoms with Gasteiger partial charge < -0.3 is 9.31 Å². The van der Waals surface area contributed by atoms with Crippen LogP contribution in [0.3, 0.4) is 0 Å². The van der Waals surface area contributed by atoms with Gasteiger partial charge in [-0.05, 0) is 48.0 Å². The van der Waals surface area contributed by atoms with Crippen molar-refractivity contribution in [2.75, 3.05) is 0 Å². The summed E-state index contributed by atoms with van der Waals surface area (Å²) >= 11 is 0. The lowest BCUT2D eigenvalue weighted by Crippen LogP contribution is -2.28. The molecule has 0 unspecified atom stereocenters. The van der Waals surface area contributed by atoms with E-state index < -0.39 is 0 Å². The van der Waals surface area contributed by atoms with Crippen LogP contribution in [0.25, 0.3) is 0 Å². The molecule has 0 aliphatic rings. The molecule has 0 fully saturated rings. The van der Waals surface area contributed by atoms with E-state index in [0.717, 1.165) is 12.0 Å². The molecule has 0 aromatic carbocycles. The van der Waals surface area contributed by atoms with E-state index >= 15 is 0 Å². The minimum Gasteiger partial charge on any atom is -0.405 e. The Bertz CT molecular complexity index is 234. The van der Waals surface area contributed by atoms with Crippen molar-refractivity contribution >= 4 is 7.12 Å². The highest BCUT2D eigenvalue weighted by Crippen LogP contribution is 2.11. The van der Waals surface area contributed by atoms with Crippen molar-refractivity contribution in [2.24, 2.45) is 0 Å². The van der Waals surface area contributed by atoms with E-state index in [-0.39, 0.29) is 19.3 Å². The fourth-order valence-corrected chi connectivity index (χ4v) is 1.41. The molecule has 0 rings (SSSR count). The van der Waals surface area contributed by atoms with Crippen molar-refractivity contribution in [3.05, 3.63) is 23.7 Å². The lowest BCUT2D eigenvalue weighted by Gasteiger charge is -2.17.